The van der Waals surface area contributed by atoms with Gasteiger partial charge in [0, 0.05) is 19.4 Å². The lowest BCUT2D eigenvalue weighted by molar-refractivity contribution is -0.144. The molecule has 1 unspecified atom stereocenters. The van der Waals surface area contributed by atoms with E-state index >= 15 is 0 Å². The number of hydrogen-bond acceptors (Lipinski definition) is 8. The normalized spacial score (nSPS) is 18.5. The molecule has 0 bridgehead atoms. The molecule has 2 heterocycles. The van der Waals surface area contributed by atoms with Crippen LogP contribution in [0.2, 0.25) is 0 Å². The summed E-state index contributed by atoms with van der Waals surface area (Å²) in [6.45, 7) is 9.22. The molecule has 1 fully saturated rings. The van der Waals surface area contributed by atoms with Crippen molar-refractivity contribution in [2.75, 3.05) is 19.8 Å². The van der Waals surface area contributed by atoms with Crippen LogP contribution in [0.15, 0.2) is 29.8 Å². The Balaban J connectivity index is 1.64. The molecule has 4 N–H and O–H groups in total. The highest BCUT2D eigenvalue weighted by atomic mass is 32.1. The lowest BCUT2D eigenvalue weighted by Gasteiger charge is -2.35. The van der Waals surface area contributed by atoms with Crippen molar-refractivity contribution < 1.29 is 34.1 Å². The van der Waals surface area contributed by atoms with E-state index in [0.717, 1.165) is 21.7 Å². The van der Waals surface area contributed by atoms with Gasteiger partial charge in [0.25, 0.3) is 0 Å². The molecule has 0 saturated carbocycles. The van der Waals surface area contributed by atoms with Crippen molar-refractivity contribution in [2.45, 2.75) is 78.1 Å². The maximum atomic E-state index is 13.7. The van der Waals surface area contributed by atoms with E-state index in [4.69, 9.17) is 9.84 Å². The Labute approximate surface area is 244 Å². The maximum absolute atomic E-state index is 13.7. The Hall–Kier alpha value is -3.35. The zero-order valence-corrected chi connectivity index (χ0v) is 25.0. The Morgan fingerprint density at radius 2 is 1.78 bits per heavy atom. The lowest BCUT2D eigenvalue weighted by atomic mass is 9.85. The number of carbonyl (C=O) groups is 4. The Kier molecular flexibility index (Phi) is 11.0. The third kappa shape index (κ3) is 8.82. The van der Waals surface area contributed by atoms with Crippen LogP contribution in [0.5, 0.6) is 0 Å². The molecule has 3 rings (SSSR count). The molecule has 0 aliphatic carbocycles. The quantitative estimate of drug-likeness (QED) is 0.276. The van der Waals surface area contributed by atoms with Crippen molar-refractivity contribution in [3.05, 3.63) is 41.0 Å². The number of aromatic nitrogens is 1. The zero-order valence-electron chi connectivity index (χ0n) is 24.2. The number of likely N-dealkylation sites (tertiary alicyclic amines) is 1. The third-order valence-corrected chi connectivity index (χ3v) is 7.97. The number of aliphatic carboxylic acids is 1. The van der Waals surface area contributed by atoms with Gasteiger partial charge in [-0.3, -0.25) is 19.2 Å². The Morgan fingerprint density at radius 3 is 2.37 bits per heavy atom. The number of thiazole rings is 1. The first-order valence-corrected chi connectivity index (χ1v) is 14.5. The van der Waals surface area contributed by atoms with E-state index in [0.29, 0.717) is 0 Å². The number of rotatable bonds is 12. The number of nitrogens with one attached hydrogen (secondary N) is 2. The van der Waals surface area contributed by atoms with Crippen LogP contribution in [0, 0.1) is 12.3 Å². The number of aliphatic hydroxyl groups is 1. The van der Waals surface area contributed by atoms with Gasteiger partial charge in [0.1, 0.15) is 12.1 Å². The molecule has 1 aromatic heterocycles. The molecule has 12 heteroatoms. The minimum atomic E-state index is -0.992. The predicted molar refractivity (Wildman–Crippen MR) is 154 cm³/mol. The number of carboxylic acid groups (broad SMARTS) is 1. The fourth-order valence-corrected chi connectivity index (χ4v) is 5.49. The predicted octanol–water partition coefficient (Wildman–Crippen LogP) is 2.67. The SMILES string of the molecule is Cc1ncsc1-c1ccc([C@H](C)NC(=O)[C@@H]2C[C@@H](O)CN2C(=O)C(NC(=O)CCOCCC(=O)O)C(C)(C)C)cc1. The number of aryl methyl sites for hydroxylation is 1. The third-order valence-electron chi connectivity index (χ3n) is 6.99. The van der Waals surface area contributed by atoms with Crippen molar-refractivity contribution in [3.63, 3.8) is 0 Å². The van der Waals surface area contributed by atoms with Gasteiger partial charge < -0.3 is 30.5 Å². The van der Waals surface area contributed by atoms with Gasteiger partial charge in [0.2, 0.25) is 17.7 Å². The molecule has 4 atom stereocenters. The number of amides is 3. The molecule has 2 aromatic rings. The summed E-state index contributed by atoms with van der Waals surface area (Å²) >= 11 is 1.57. The number of aliphatic hydroxyl groups excluding tert-OH is 1. The van der Waals surface area contributed by atoms with Crippen LogP contribution in [-0.2, 0) is 23.9 Å². The summed E-state index contributed by atoms with van der Waals surface area (Å²) in [6, 6.07) is 5.69. The standard InChI is InChI=1S/C29H40N4O7S/c1-17(19-6-8-20(9-7-19)25-18(2)30-16-41-25)31-27(38)22-14-21(34)15-33(22)28(39)26(29(3,4)5)32-23(35)10-12-40-13-11-24(36)37/h6-9,16-17,21-22,26,34H,10-15H2,1-5H3,(H,31,38)(H,32,35)(H,36,37)/t17-,21+,22-,26?/m0/s1. The number of carboxylic acids is 1. The van der Waals surface area contributed by atoms with E-state index < -0.39 is 41.4 Å². The van der Waals surface area contributed by atoms with E-state index in [1.54, 1.807) is 37.6 Å². The van der Waals surface area contributed by atoms with E-state index in [1.165, 1.54) is 4.90 Å². The summed E-state index contributed by atoms with van der Waals surface area (Å²) in [5, 5.41) is 24.8. The Bertz CT molecular complexity index is 1220. The minimum absolute atomic E-state index is 0.0128. The molecule has 3 amide bonds. The summed E-state index contributed by atoms with van der Waals surface area (Å²) in [4.78, 5) is 57.0. The Morgan fingerprint density at radius 1 is 1.12 bits per heavy atom. The van der Waals surface area contributed by atoms with Crippen LogP contribution in [0.25, 0.3) is 10.4 Å². The first-order valence-electron chi connectivity index (χ1n) is 13.7. The van der Waals surface area contributed by atoms with Crippen LogP contribution in [0.3, 0.4) is 0 Å². The van der Waals surface area contributed by atoms with Gasteiger partial charge in [0.15, 0.2) is 0 Å². The van der Waals surface area contributed by atoms with Crippen LogP contribution < -0.4 is 10.6 Å². The number of β-amino-alcohol motifs (C(OH)–C–C–N with tert-alkyl or cyclic N) is 1. The molecule has 1 aliphatic rings. The fourth-order valence-electron chi connectivity index (χ4n) is 4.68. The summed E-state index contributed by atoms with van der Waals surface area (Å²) in [6.07, 6.45) is -0.992. The first kappa shape index (κ1) is 32.2. The largest absolute Gasteiger partial charge is 0.481 e. The van der Waals surface area contributed by atoms with Crippen molar-refractivity contribution in [3.8, 4) is 10.4 Å². The molecular weight excluding hydrogens is 548 g/mol. The van der Waals surface area contributed by atoms with E-state index in [-0.39, 0.29) is 51.0 Å². The van der Waals surface area contributed by atoms with Crippen LogP contribution in [0.1, 0.15) is 64.3 Å². The van der Waals surface area contributed by atoms with Crippen molar-refractivity contribution >= 4 is 35.0 Å². The van der Waals surface area contributed by atoms with Gasteiger partial charge in [-0.2, -0.15) is 0 Å². The number of nitrogens with zero attached hydrogens (tertiary/aromatic N) is 2. The molecule has 41 heavy (non-hydrogen) atoms. The van der Waals surface area contributed by atoms with Crippen LogP contribution >= 0.6 is 11.3 Å². The lowest BCUT2D eigenvalue weighted by Crippen LogP contribution is -2.58. The smallest absolute Gasteiger partial charge is 0.305 e. The molecule has 1 saturated heterocycles. The number of benzene rings is 1. The minimum Gasteiger partial charge on any atom is -0.481 e. The van der Waals surface area contributed by atoms with Crippen molar-refractivity contribution in [1.82, 2.24) is 20.5 Å². The first-order chi connectivity index (χ1) is 19.3. The number of ether oxygens (including phenoxy) is 1. The molecule has 1 aliphatic heterocycles. The van der Waals surface area contributed by atoms with Gasteiger partial charge in [-0.05, 0) is 30.4 Å². The van der Waals surface area contributed by atoms with Gasteiger partial charge in [0.05, 0.1) is 47.9 Å². The monoisotopic (exact) mass is 588 g/mol. The second-order valence-electron chi connectivity index (χ2n) is 11.4. The summed E-state index contributed by atoms with van der Waals surface area (Å²) in [7, 11) is 0. The van der Waals surface area contributed by atoms with Gasteiger partial charge in [-0.15, -0.1) is 11.3 Å². The van der Waals surface area contributed by atoms with E-state index in [9.17, 15) is 24.3 Å². The maximum Gasteiger partial charge on any atom is 0.305 e. The van der Waals surface area contributed by atoms with Gasteiger partial charge in [-0.25, -0.2) is 4.98 Å². The number of hydrogen-bond donors (Lipinski definition) is 4. The highest BCUT2D eigenvalue weighted by molar-refractivity contribution is 7.13. The van der Waals surface area contributed by atoms with Crippen LogP contribution in [0.4, 0.5) is 0 Å². The number of carbonyl (C=O) groups excluding carboxylic acids is 3. The van der Waals surface area contributed by atoms with E-state index in [2.05, 4.69) is 15.6 Å². The molecule has 11 nitrogen and oxygen atoms in total. The molecule has 1 aromatic carbocycles. The molecule has 0 spiro atoms. The summed E-state index contributed by atoms with van der Waals surface area (Å²) in [5.74, 6) is -2.25. The zero-order chi connectivity index (χ0) is 30.3. The summed E-state index contributed by atoms with van der Waals surface area (Å²) < 4.78 is 5.18. The average Bonchev–Trinajstić information content (AvgIpc) is 3.51. The van der Waals surface area contributed by atoms with E-state index in [1.807, 2.05) is 38.1 Å². The molecule has 224 valence electrons. The van der Waals surface area contributed by atoms with Gasteiger partial charge >= 0.3 is 5.97 Å². The highest BCUT2D eigenvalue weighted by Crippen LogP contribution is 2.29. The topological polar surface area (TPSA) is 158 Å². The van der Waals surface area contributed by atoms with Crippen LogP contribution in [-0.4, -0.2) is 81.7 Å². The molecular formula is C29H40N4O7S. The van der Waals surface area contributed by atoms with Crippen molar-refractivity contribution in [1.29, 1.82) is 0 Å². The second-order valence-corrected chi connectivity index (χ2v) is 12.2. The molecule has 0 radical (unpaired) electrons. The highest BCUT2D eigenvalue weighted by Gasteiger charge is 2.44. The summed E-state index contributed by atoms with van der Waals surface area (Å²) in [5.41, 5.74) is 4.02. The second kappa shape index (κ2) is 14.0. The fraction of sp³-hybridized carbons (Fsp3) is 0.552. The van der Waals surface area contributed by atoms with Gasteiger partial charge in [-0.1, -0.05) is 45.0 Å². The van der Waals surface area contributed by atoms with Crippen molar-refractivity contribution in [2.24, 2.45) is 5.41 Å². The average molecular weight is 589 g/mol.